The van der Waals surface area contributed by atoms with Gasteiger partial charge in [-0.1, -0.05) is 18.6 Å². The first-order valence-electron chi connectivity index (χ1n) is 11.2. The molecule has 32 heavy (non-hydrogen) atoms. The molecule has 1 fully saturated rings. The number of hydrogen-bond acceptors (Lipinski definition) is 6. The molecule has 170 valence electrons. The number of rotatable bonds is 3. The number of anilines is 2. The Bertz CT molecular complexity index is 961. The van der Waals surface area contributed by atoms with Gasteiger partial charge in [-0.3, -0.25) is 9.59 Å². The van der Waals surface area contributed by atoms with E-state index in [0.717, 1.165) is 44.1 Å². The molecule has 1 aromatic heterocycles. The van der Waals surface area contributed by atoms with E-state index in [0.29, 0.717) is 37.0 Å². The lowest BCUT2D eigenvalue weighted by atomic mass is 9.98. The topological polar surface area (TPSA) is 108 Å². The fourth-order valence-electron chi connectivity index (χ4n) is 3.86. The highest BCUT2D eigenvalue weighted by Crippen LogP contribution is 2.50. The molecule has 1 aliphatic carbocycles. The van der Waals surface area contributed by atoms with Gasteiger partial charge in [0.05, 0.1) is 0 Å². The number of benzene rings is 1. The van der Waals surface area contributed by atoms with Gasteiger partial charge in [0.15, 0.2) is 0 Å². The lowest BCUT2D eigenvalue weighted by molar-refractivity contribution is -0.126. The molecule has 1 spiro atoms. The van der Waals surface area contributed by atoms with E-state index in [1.165, 1.54) is 18.3 Å². The summed E-state index contributed by atoms with van der Waals surface area (Å²) in [6.07, 6.45) is 6.90. The van der Waals surface area contributed by atoms with Gasteiger partial charge in [0.1, 0.15) is 17.2 Å². The Morgan fingerprint density at radius 1 is 1.00 bits per heavy atom. The van der Waals surface area contributed by atoms with E-state index in [9.17, 15) is 14.0 Å². The number of carbonyl (C=O) groups is 2. The minimum Gasteiger partial charge on any atom is -0.369 e. The van der Waals surface area contributed by atoms with E-state index in [2.05, 4.69) is 31.2 Å². The van der Waals surface area contributed by atoms with Gasteiger partial charge in [-0.2, -0.15) is 4.98 Å². The number of amides is 2. The lowest BCUT2D eigenvalue weighted by Gasteiger charge is -2.15. The van der Waals surface area contributed by atoms with Gasteiger partial charge in [-0.05, 0) is 49.8 Å². The number of nitrogens with zero attached hydrogens (tertiary/aromatic N) is 2. The van der Waals surface area contributed by atoms with Gasteiger partial charge in [0.25, 0.3) is 5.91 Å². The molecular weight excluding hydrogens is 411 g/mol. The fraction of sp³-hybridized carbons (Fsp3) is 0.478. The van der Waals surface area contributed by atoms with E-state index in [1.807, 2.05) is 0 Å². The highest BCUT2D eigenvalue weighted by Gasteiger charge is 2.48. The molecule has 9 heteroatoms. The van der Waals surface area contributed by atoms with Crippen molar-refractivity contribution in [3.05, 3.63) is 47.4 Å². The zero-order chi connectivity index (χ0) is 22.4. The summed E-state index contributed by atoms with van der Waals surface area (Å²) in [5, 5.41) is 12.3. The highest BCUT2D eigenvalue weighted by molar-refractivity contribution is 5.98. The van der Waals surface area contributed by atoms with E-state index in [-0.39, 0.29) is 29.6 Å². The predicted molar refractivity (Wildman–Crippen MR) is 120 cm³/mol. The van der Waals surface area contributed by atoms with Crippen molar-refractivity contribution in [1.82, 2.24) is 20.6 Å². The van der Waals surface area contributed by atoms with Crippen LogP contribution in [0.1, 0.15) is 54.4 Å². The van der Waals surface area contributed by atoms with Gasteiger partial charge in [0.2, 0.25) is 11.9 Å². The Balaban J connectivity index is 1.42. The van der Waals surface area contributed by atoms with Crippen LogP contribution in [0.3, 0.4) is 0 Å². The van der Waals surface area contributed by atoms with Crippen LogP contribution in [0, 0.1) is 11.2 Å². The first kappa shape index (κ1) is 22.0. The average Bonchev–Trinajstić information content (AvgIpc) is 3.59. The number of nitrogens with one attached hydrogen (secondary N) is 4. The van der Waals surface area contributed by atoms with Gasteiger partial charge in [-0.15, -0.1) is 0 Å². The summed E-state index contributed by atoms with van der Waals surface area (Å²) in [5.74, 6) is 0.475. The van der Waals surface area contributed by atoms with Crippen LogP contribution in [0.15, 0.2) is 30.5 Å². The largest absolute Gasteiger partial charge is 0.369 e. The minimum absolute atomic E-state index is 0.170. The Labute approximate surface area is 186 Å². The van der Waals surface area contributed by atoms with Crippen molar-refractivity contribution >= 4 is 23.6 Å². The van der Waals surface area contributed by atoms with Crippen LogP contribution in [-0.4, -0.2) is 41.4 Å². The number of aromatic nitrogens is 2. The quantitative estimate of drug-likeness (QED) is 0.585. The molecule has 2 amide bonds. The Kier molecular flexibility index (Phi) is 6.82. The van der Waals surface area contributed by atoms with E-state index in [1.54, 1.807) is 12.1 Å². The highest BCUT2D eigenvalue weighted by atomic mass is 19.1. The SMILES string of the molecule is O=C(NCc1ccc(F)cc1)c1cnc2nc1NCCCCC1(CC1)C(=O)NCCCN2. The summed E-state index contributed by atoms with van der Waals surface area (Å²) in [6, 6.07) is 6.00. The molecule has 4 rings (SSSR count). The standard InChI is InChI=1S/C23H29FN6O2/c24-17-6-4-16(5-7-17)14-28-20(31)18-15-29-22-27-13-3-12-26-21(32)23(9-10-23)8-1-2-11-25-19(18)30-22/h4-7,15H,1-3,8-14H2,(H,26,32)(H,28,31)(H2,25,27,29,30). The summed E-state index contributed by atoms with van der Waals surface area (Å²) >= 11 is 0. The van der Waals surface area contributed by atoms with Crippen LogP contribution in [0.5, 0.6) is 0 Å². The number of carbonyl (C=O) groups excluding carboxylic acids is 2. The normalized spacial score (nSPS) is 18.3. The Hall–Kier alpha value is -3.23. The van der Waals surface area contributed by atoms with Crippen LogP contribution in [0.4, 0.5) is 16.2 Å². The van der Waals surface area contributed by atoms with Gasteiger partial charge in [0, 0.05) is 37.8 Å². The fourth-order valence-corrected chi connectivity index (χ4v) is 3.86. The number of hydrogen-bond donors (Lipinski definition) is 4. The maximum absolute atomic E-state index is 13.1. The van der Waals surface area contributed by atoms with Gasteiger partial charge >= 0.3 is 0 Å². The molecule has 0 atom stereocenters. The van der Waals surface area contributed by atoms with Crippen molar-refractivity contribution in [3.63, 3.8) is 0 Å². The number of halogens is 1. The first-order valence-corrected chi connectivity index (χ1v) is 11.2. The molecule has 1 aliphatic heterocycles. The molecule has 2 bridgehead atoms. The van der Waals surface area contributed by atoms with Crippen LogP contribution < -0.4 is 21.3 Å². The molecule has 2 aromatic rings. The molecule has 0 saturated heterocycles. The summed E-state index contributed by atoms with van der Waals surface area (Å²) in [7, 11) is 0. The molecular formula is C23H29FN6O2. The van der Waals surface area contributed by atoms with Gasteiger partial charge in [-0.25, -0.2) is 9.37 Å². The molecule has 0 unspecified atom stereocenters. The molecule has 2 aliphatic rings. The average molecular weight is 441 g/mol. The van der Waals surface area contributed by atoms with Crippen molar-refractivity contribution in [3.8, 4) is 0 Å². The van der Waals surface area contributed by atoms with Crippen LogP contribution in [-0.2, 0) is 11.3 Å². The van der Waals surface area contributed by atoms with E-state index < -0.39 is 0 Å². The van der Waals surface area contributed by atoms with Crippen molar-refractivity contribution in [1.29, 1.82) is 0 Å². The second-order valence-corrected chi connectivity index (χ2v) is 8.47. The Morgan fingerprint density at radius 2 is 1.75 bits per heavy atom. The third-order valence-electron chi connectivity index (χ3n) is 6.03. The van der Waals surface area contributed by atoms with Crippen molar-refractivity contribution in [2.24, 2.45) is 5.41 Å². The van der Waals surface area contributed by atoms with E-state index >= 15 is 0 Å². The zero-order valence-electron chi connectivity index (χ0n) is 18.0. The van der Waals surface area contributed by atoms with Gasteiger partial charge < -0.3 is 21.3 Å². The molecule has 2 heterocycles. The third kappa shape index (κ3) is 5.52. The van der Waals surface area contributed by atoms with Crippen molar-refractivity contribution in [2.75, 3.05) is 30.3 Å². The lowest BCUT2D eigenvalue weighted by Crippen LogP contribution is -2.33. The molecule has 4 N–H and O–H groups in total. The zero-order valence-corrected chi connectivity index (χ0v) is 18.0. The maximum Gasteiger partial charge on any atom is 0.256 e. The Morgan fingerprint density at radius 3 is 2.53 bits per heavy atom. The van der Waals surface area contributed by atoms with Crippen LogP contribution in [0.2, 0.25) is 0 Å². The third-order valence-corrected chi connectivity index (χ3v) is 6.03. The van der Waals surface area contributed by atoms with Crippen molar-refractivity contribution < 1.29 is 14.0 Å². The second-order valence-electron chi connectivity index (χ2n) is 8.47. The molecule has 0 radical (unpaired) electrons. The minimum atomic E-state index is -0.314. The maximum atomic E-state index is 13.1. The summed E-state index contributed by atoms with van der Waals surface area (Å²) in [4.78, 5) is 34.0. The smallest absolute Gasteiger partial charge is 0.256 e. The predicted octanol–water partition coefficient (Wildman–Crippen LogP) is 2.84. The van der Waals surface area contributed by atoms with Crippen molar-refractivity contribution in [2.45, 2.75) is 45.1 Å². The molecule has 1 saturated carbocycles. The summed E-state index contributed by atoms with van der Waals surface area (Å²) in [6.45, 7) is 2.15. The van der Waals surface area contributed by atoms with Crippen LogP contribution in [0.25, 0.3) is 0 Å². The van der Waals surface area contributed by atoms with Crippen LogP contribution >= 0.6 is 0 Å². The summed E-state index contributed by atoms with van der Waals surface area (Å²) < 4.78 is 13.1. The monoisotopic (exact) mass is 440 g/mol. The summed E-state index contributed by atoms with van der Waals surface area (Å²) in [5.41, 5.74) is 0.991. The molecule has 1 aromatic carbocycles. The second kappa shape index (κ2) is 9.93. The molecule has 8 nitrogen and oxygen atoms in total. The first-order chi connectivity index (χ1) is 15.6. The van der Waals surface area contributed by atoms with E-state index in [4.69, 9.17) is 0 Å². The number of fused-ring (bicyclic) bond motifs is 2.